The first-order valence-electron chi connectivity index (χ1n) is 35.7. The van der Waals surface area contributed by atoms with E-state index < -0.39 is 136 Å². The highest BCUT2D eigenvalue weighted by atomic mass is 16.7. The number of hydrogen-bond acceptors (Lipinski definition) is 10. The van der Waals surface area contributed by atoms with Gasteiger partial charge in [0.2, 0.25) is 11.6 Å². The Labute approximate surface area is 443 Å². The van der Waals surface area contributed by atoms with Crippen LogP contribution in [0.25, 0.3) is 0 Å². The number of nitrogens with zero attached hydrogens (tertiary/aromatic N) is 1. The molecule has 1 fully saturated rings. The first-order chi connectivity index (χ1) is 42.8. The van der Waals surface area contributed by atoms with Crippen LogP contribution in [-0.2, 0) is 49.6 Å². The predicted octanol–water partition coefficient (Wildman–Crippen LogP) is 12.0. The summed E-state index contributed by atoms with van der Waals surface area (Å²) < 4.78 is 250. The molecule has 372 valence electrons. The second-order valence-electron chi connectivity index (χ2n) is 16.7. The molecule has 11 nitrogen and oxygen atoms in total. The van der Waals surface area contributed by atoms with E-state index in [1.54, 1.807) is 12.1 Å². The third-order valence-corrected chi connectivity index (χ3v) is 10.4. The lowest BCUT2D eigenvalue weighted by molar-refractivity contribution is -0.180. The average molecular weight is 963 g/mol. The average Bonchev–Trinajstić information content (AvgIpc) is 0.816. The largest absolute Gasteiger partial charge is 0.463 e. The summed E-state index contributed by atoms with van der Waals surface area (Å²) in [7, 11) is 0. The van der Waals surface area contributed by atoms with Gasteiger partial charge in [-0.25, -0.2) is 4.79 Å². The van der Waals surface area contributed by atoms with Crippen molar-refractivity contribution in [2.75, 3.05) is 52.4 Å². The van der Waals surface area contributed by atoms with Crippen molar-refractivity contribution >= 4 is 6.09 Å². The Kier molecular flexibility index (Phi) is 11.5. The second kappa shape index (κ2) is 28.2. The third-order valence-electron chi connectivity index (χ3n) is 10.4. The number of carbonyl (C=O) groups excluding carboxylic acids is 1. The Morgan fingerprint density at radius 3 is 1.87 bits per heavy atom. The van der Waals surface area contributed by atoms with Crippen LogP contribution in [0.1, 0.15) is 186 Å². The van der Waals surface area contributed by atoms with Crippen molar-refractivity contribution in [3.05, 3.63) is 130 Å². The molecule has 0 aliphatic carbocycles. The minimum absolute atomic E-state index is 0.136. The van der Waals surface area contributed by atoms with Crippen LogP contribution in [0.2, 0.25) is 0 Å². The molecule has 3 aliphatic heterocycles. The van der Waals surface area contributed by atoms with Crippen LogP contribution in [-0.4, -0.2) is 80.1 Å². The summed E-state index contributed by atoms with van der Waals surface area (Å²) in [4.78, 5) is 14.0. The number of fused-ring (bicyclic) bond motifs is 2. The van der Waals surface area contributed by atoms with Gasteiger partial charge in [0, 0.05) is 94.6 Å². The van der Waals surface area contributed by atoms with Gasteiger partial charge in [0.15, 0.2) is 0 Å². The van der Waals surface area contributed by atoms with Crippen LogP contribution >= 0.6 is 0 Å². The Hall–Kier alpha value is -4.49. The van der Waals surface area contributed by atoms with Gasteiger partial charge in [-0.1, -0.05) is 98.3 Å². The SMILES string of the molecule is [2H]c1cc([2H])c(C([2H])([2H])C([2H])([2H])C([2H])([2H])C([2H])([2H])OC([2H])([2H])CCCCCN2CC(c3ccc4c(c3)COC(C)(C)O4)OC2=O)c([2H])c1.[2H]c1cc([2H])c(C([2H])([2H])C([2H])([2H])C([2H])([2H])C([2H])([2H])OC([2H])([2H])CCCCCNCC(O)c2ccc3c(c2)COC(C)(C)O3)c([2H])c1. The molecule has 4 aromatic carbocycles. The number of benzene rings is 4. The molecular formula is C57H80N2O9. The highest BCUT2D eigenvalue weighted by Gasteiger charge is 2.34. The molecule has 2 N–H and O–H groups in total. The minimum atomic E-state index is -3.82. The van der Waals surface area contributed by atoms with Gasteiger partial charge in [-0.3, -0.25) is 0 Å². The summed E-state index contributed by atoms with van der Waals surface area (Å²) in [6.07, 6.45) is -22.4. The molecule has 0 spiro atoms. The van der Waals surface area contributed by atoms with Crippen molar-refractivity contribution in [2.24, 2.45) is 0 Å². The summed E-state index contributed by atoms with van der Waals surface area (Å²) in [6.45, 7) is -3.56. The summed E-state index contributed by atoms with van der Waals surface area (Å²) in [5.74, 6) is -0.0489. The van der Waals surface area contributed by atoms with Crippen molar-refractivity contribution in [2.45, 2.75) is 154 Å². The van der Waals surface area contributed by atoms with E-state index in [2.05, 4.69) is 5.32 Å². The maximum atomic E-state index is 12.5. The zero-order valence-corrected chi connectivity index (χ0v) is 39.0. The molecular weight excluding hydrogens is 857 g/mol. The van der Waals surface area contributed by atoms with Gasteiger partial charge in [-0.05, 0) is 117 Å². The van der Waals surface area contributed by atoms with Crippen molar-refractivity contribution < 1.29 is 78.7 Å². The van der Waals surface area contributed by atoms with Gasteiger partial charge < -0.3 is 48.5 Å². The number of aliphatic hydroxyl groups excluding tert-OH is 1. The summed E-state index contributed by atoms with van der Waals surface area (Å²) in [6, 6.07) is 10.8. The summed E-state index contributed by atoms with van der Waals surface area (Å²) in [5, 5.41) is 13.7. The molecule has 2 atom stereocenters. The fourth-order valence-corrected chi connectivity index (χ4v) is 6.87. The molecule has 0 radical (unpaired) electrons. The Bertz CT molecular complexity index is 3270. The highest BCUT2D eigenvalue weighted by Crippen LogP contribution is 2.36. The molecule has 4 aromatic rings. The van der Waals surface area contributed by atoms with Gasteiger partial charge in [-0.15, -0.1) is 0 Å². The fourth-order valence-electron chi connectivity index (χ4n) is 6.87. The molecule has 0 saturated carbocycles. The van der Waals surface area contributed by atoms with E-state index in [0.29, 0.717) is 75.6 Å². The normalized spacial score (nSPS) is 24.9. The van der Waals surface area contributed by atoms with Crippen LogP contribution in [0.3, 0.4) is 0 Å². The molecule has 0 aromatic heterocycles. The van der Waals surface area contributed by atoms with Crippen LogP contribution in [0.15, 0.2) is 96.9 Å². The molecule has 3 heterocycles. The number of unbranched alkanes of at least 4 members (excludes halogenated alkanes) is 4. The Morgan fingerprint density at radius 1 is 0.721 bits per heavy atom. The molecule has 3 aliphatic rings. The molecule has 2 unspecified atom stereocenters. The smallest absolute Gasteiger partial charge is 0.410 e. The molecule has 0 bridgehead atoms. The number of amides is 1. The molecule has 68 heavy (non-hydrogen) atoms. The number of hydrogen-bond donors (Lipinski definition) is 2. The van der Waals surface area contributed by atoms with Crippen molar-refractivity contribution in [1.82, 2.24) is 10.2 Å². The molecule has 1 amide bonds. The Morgan fingerprint density at radius 2 is 1.26 bits per heavy atom. The van der Waals surface area contributed by atoms with Crippen molar-refractivity contribution in [1.29, 1.82) is 0 Å². The zero-order valence-electron chi connectivity index (χ0n) is 65.0. The number of nitrogens with one attached hydrogen (secondary N) is 1. The van der Waals surface area contributed by atoms with Gasteiger partial charge >= 0.3 is 6.09 Å². The summed E-state index contributed by atoms with van der Waals surface area (Å²) in [5.41, 5.74) is 1.42. The minimum Gasteiger partial charge on any atom is -0.463 e. The first kappa shape index (κ1) is 27.8. The maximum absolute atomic E-state index is 12.5. The van der Waals surface area contributed by atoms with Gasteiger partial charge in [0.1, 0.15) is 17.6 Å². The van der Waals surface area contributed by atoms with Crippen molar-refractivity contribution in [3.63, 3.8) is 0 Å². The monoisotopic (exact) mass is 963 g/mol. The van der Waals surface area contributed by atoms with E-state index >= 15 is 0 Å². The number of aliphatic hydroxyl groups is 1. The number of cyclic esters (lactones) is 1. The summed E-state index contributed by atoms with van der Waals surface area (Å²) >= 11 is 0. The third kappa shape index (κ3) is 18.8. The van der Waals surface area contributed by atoms with Crippen LogP contribution in [0.4, 0.5) is 4.79 Å². The van der Waals surface area contributed by atoms with E-state index in [-0.39, 0.29) is 37.9 Å². The van der Waals surface area contributed by atoms with E-state index in [1.807, 2.05) is 52.0 Å². The second-order valence-corrected chi connectivity index (χ2v) is 16.7. The van der Waals surface area contributed by atoms with Crippen molar-refractivity contribution in [3.8, 4) is 11.5 Å². The predicted molar refractivity (Wildman–Crippen MR) is 268 cm³/mol. The quantitative estimate of drug-likeness (QED) is 0.0533. The first-order valence-corrected chi connectivity index (χ1v) is 22.7. The van der Waals surface area contributed by atoms with E-state index in [9.17, 15) is 9.90 Å². The lowest BCUT2D eigenvalue weighted by Crippen LogP contribution is -2.35. The molecule has 11 heteroatoms. The Balaban J connectivity index is 0.000000298. The molecule has 1 saturated heterocycles. The van der Waals surface area contributed by atoms with Crippen LogP contribution in [0, 0.1) is 0 Å². The fraction of sp³-hybridized carbons (Fsp3) is 0.561. The van der Waals surface area contributed by atoms with E-state index in [4.69, 9.17) is 68.8 Å². The number of ether oxygens (including phenoxy) is 7. The molecule has 7 rings (SSSR count). The lowest BCUT2D eigenvalue weighted by Gasteiger charge is -2.33. The zero-order chi connectivity index (χ0) is 71.0. The topological polar surface area (TPSA) is 117 Å². The van der Waals surface area contributed by atoms with E-state index in [1.165, 1.54) is 4.90 Å². The lowest BCUT2D eigenvalue weighted by atomic mass is 10.0. The maximum Gasteiger partial charge on any atom is 0.410 e. The van der Waals surface area contributed by atoms with Gasteiger partial charge in [0.25, 0.3) is 0 Å². The number of rotatable bonds is 28. The van der Waals surface area contributed by atoms with Gasteiger partial charge in [-0.2, -0.15) is 0 Å². The van der Waals surface area contributed by atoms with Crippen LogP contribution < -0.4 is 14.8 Å². The standard InChI is InChI=1S/C29H39NO5.C28H41NO4/c1-29(2)33-22-25-20-24(15-16-26(25)35-29)27-21-30(28(31)34-27)17-9-3-4-10-18-32-19-11-8-14-23-12-6-5-7-13-23;1-28(2)32-22-25-20-24(15-16-27(25)33-28)26(30)21-29-17-9-3-4-10-18-31-19-11-8-14-23-12-6-5-7-13-23/h5-7,12-13,15-16,20,27H,3-4,8-11,14,17-19,21-22H2,1-2H3;5-7,12-13,15-16,20,26,29-30H,3-4,8-11,14,17-19,21-22H2,1-2H3/i2*5D,8D2,11D2,12D,13D,14D2,18D2,19D2. The highest BCUT2D eigenvalue weighted by molar-refractivity contribution is 5.70. The van der Waals surface area contributed by atoms with E-state index in [0.717, 1.165) is 41.0 Å². The van der Waals surface area contributed by atoms with Crippen LogP contribution in [0.5, 0.6) is 11.5 Å². The van der Waals surface area contributed by atoms with Gasteiger partial charge in [0.05, 0.1) is 45.1 Å². The number of carbonyl (C=O) groups is 1.